The molecule has 1 aromatic rings. The summed E-state index contributed by atoms with van der Waals surface area (Å²) < 4.78 is 39.0. The number of hydrogen-bond acceptors (Lipinski definition) is 3. The van der Waals surface area contributed by atoms with Crippen LogP contribution in [0.5, 0.6) is 0 Å². The predicted octanol–water partition coefficient (Wildman–Crippen LogP) is 0.508. The van der Waals surface area contributed by atoms with Crippen molar-refractivity contribution in [2.75, 3.05) is 18.4 Å². The highest BCUT2D eigenvalue weighted by molar-refractivity contribution is 5.94. The summed E-state index contributed by atoms with van der Waals surface area (Å²) in [5, 5.41) is 10.4. The van der Waals surface area contributed by atoms with Gasteiger partial charge in [-0.15, -0.1) is 0 Å². The number of nitrogens with zero attached hydrogens (tertiary/aromatic N) is 1. The van der Waals surface area contributed by atoms with E-state index in [1.54, 1.807) is 0 Å². The topological polar surface area (TPSA) is 113 Å². The third kappa shape index (κ3) is 4.67. The van der Waals surface area contributed by atoms with E-state index < -0.39 is 54.1 Å². The number of urea groups is 1. The van der Waals surface area contributed by atoms with Gasteiger partial charge in [-0.25, -0.2) is 18.0 Å². The molecule has 0 aromatic heterocycles. The first-order chi connectivity index (χ1) is 9.70. The largest absolute Gasteiger partial charge is 0.480 e. The van der Waals surface area contributed by atoms with Crippen molar-refractivity contribution < 1.29 is 32.7 Å². The Kier molecular flexibility index (Phi) is 5.11. The number of benzene rings is 1. The van der Waals surface area contributed by atoms with Crippen molar-refractivity contribution in [2.24, 2.45) is 5.73 Å². The van der Waals surface area contributed by atoms with E-state index in [4.69, 9.17) is 10.8 Å². The molecule has 0 aliphatic rings. The van der Waals surface area contributed by atoms with E-state index in [1.807, 2.05) is 5.32 Å². The highest BCUT2D eigenvalue weighted by atomic mass is 19.2. The molecule has 10 heteroatoms. The number of nitrogens with one attached hydrogen (secondary N) is 1. The van der Waals surface area contributed by atoms with Gasteiger partial charge in [0.2, 0.25) is 5.91 Å². The summed E-state index contributed by atoms with van der Waals surface area (Å²) in [7, 11) is 0. The van der Waals surface area contributed by atoms with E-state index in [-0.39, 0.29) is 6.07 Å². The summed E-state index contributed by atoms with van der Waals surface area (Å²) >= 11 is 0. The summed E-state index contributed by atoms with van der Waals surface area (Å²) in [6.07, 6.45) is 0. The molecule has 0 unspecified atom stereocenters. The van der Waals surface area contributed by atoms with Crippen LogP contribution in [0.15, 0.2) is 12.1 Å². The molecule has 1 rings (SSSR count). The maximum atomic E-state index is 13.3. The summed E-state index contributed by atoms with van der Waals surface area (Å²) in [6, 6.07) is -0.618. The highest BCUT2D eigenvalue weighted by Crippen LogP contribution is 2.18. The van der Waals surface area contributed by atoms with E-state index in [0.717, 1.165) is 0 Å². The molecular weight excluding hydrogens is 295 g/mol. The molecule has 0 heterocycles. The number of hydrogen-bond donors (Lipinski definition) is 3. The molecule has 4 N–H and O–H groups in total. The van der Waals surface area contributed by atoms with Gasteiger partial charge in [0.25, 0.3) is 0 Å². The lowest BCUT2D eigenvalue weighted by Gasteiger charge is -2.19. The fraction of sp³-hybridized carbons (Fsp3) is 0.182. The minimum absolute atomic E-state index is 0.209. The Morgan fingerprint density at radius 2 is 1.67 bits per heavy atom. The van der Waals surface area contributed by atoms with Gasteiger partial charge < -0.3 is 21.1 Å². The summed E-state index contributed by atoms with van der Waals surface area (Å²) in [5.41, 5.74) is 4.13. The van der Waals surface area contributed by atoms with Crippen LogP contribution < -0.4 is 11.1 Å². The number of anilines is 1. The number of carbonyl (C=O) groups is 3. The van der Waals surface area contributed by atoms with E-state index >= 15 is 0 Å². The predicted molar refractivity (Wildman–Crippen MR) is 63.7 cm³/mol. The number of nitrogens with two attached hydrogens (primary N) is 1. The summed E-state index contributed by atoms with van der Waals surface area (Å²) in [6.45, 7) is -1.64. The van der Waals surface area contributed by atoms with Crippen molar-refractivity contribution in [1.29, 1.82) is 0 Å². The normalized spacial score (nSPS) is 10.0. The second-order valence-electron chi connectivity index (χ2n) is 3.89. The van der Waals surface area contributed by atoms with Crippen LogP contribution in [0, 0.1) is 17.5 Å². The molecule has 114 valence electrons. The zero-order chi connectivity index (χ0) is 16.2. The van der Waals surface area contributed by atoms with Crippen LogP contribution in [0.1, 0.15) is 0 Å². The number of carbonyl (C=O) groups excluding carboxylic acids is 2. The van der Waals surface area contributed by atoms with E-state index in [2.05, 4.69) is 0 Å². The van der Waals surface area contributed by atoms with Crippen LogP contribution in [0.3, 0.4) is 0 Å². The van der Waals surface area contributed by atoms with Crippen molar-refractivity contribution in [2.45, 2.75) is 0 Å². The number of halogens is 3. The highest BCUT2D eigenvalue weighted by Gasteiger charge is 2.20. The van der Waals surface area contributed by atoms with Crippen molar-refractivity contribution in [1.82, 2.24) is 4.90 Å². The first kappa shape index (κ1) is 16.3. The van der Waals surface area contributed by atoms with Gasteiger partial charge in [-0.2, -0.15) is 0 Å². The lowest BCUT2D eigenvalue weighted by atomic mass is 10.3. The molecule has 0 radical (unpaired) electrons. The average Bonchev–Trinajstić information content (AvgIpc) is 2.33. The Bertz CT molecular complexity index is 578. The van der Waals surface area contributed by atoms with Crippen LogP contribution in [0.2, 0.25) is 0 Å². The first-order valence-electron chi connectivity index (χ1n) is 5.41. The zero-order valence-corrected chi connectivity index (χ0v) is 10.4. The number of aliphatic carboxylic acids is 1. The van der Waals surface area contributed by atoms with Crippen LogP contribution in [-0.2, 0) is 9.59 Å². The van der Waals surface area contributed by atoms with Crippen molar-refractivity contribution >= 4 is 23.6 Å². The second kappa shape index (κ2) is 6.59. The molecule has 0 spiro atoms. The smallest absolute Gasteiger partial charge is 0.323 e. The van der Waals surface area contributed by atoms with Crippen LogP contribution in [0.25, 0.3) is 0 Å². The van der Waals surface area contributed by atoms with Crippen LogP contribution >= 0.6 is 0 Å². The van der Waals surface area contributed by atoms with Gasteiger partial charge in [-0.1, -0.05) is 0 Å². The van der Waals surface area contributed by atoms with Crippen molar-refractivity contribution in [3.05, 3.63) is 29.6 Å². The van der Waals surface area contributed by atoms with Gasteiger partial charge in [0.1, 0.15) is 18.9 Å². The van der Waals surface area contributed by atoms with Gasteiger partial charge >= 0.3 is 12.0 Å². The Balaban J connectivity index is 2.93. The molecule has 0 saturated carbocycles. The van der Waals surface area contributed by atoms with Gasteiger partial charge in [-0.05, 0) is 0 Å². The van der Waals surface area contributed by atoms with Gasteiger partial charge in [0.05, 0.1) is 5.69 Å². The third-order valence-corrected chi connectivity index (χ3v) is 2.21. The van der Waals surface area contributed by atoms with Gasteiger partial charge in [0, 0.05) is 12.1 Å². The van der Waals surface area contributed by atoms with E-state index in [9.17, 15) is 27.6 Å². The van der Waals surface area contributed by atoms with Crippen molar-refractivity contribution in [3.8, 4) is 0 Å². The summed E-state index contributed by atoms with van der Waals surface area (Å²) in [4.78, 5) is 33.5. The number of carboxylic acid groups (broad SMARTS) is 1. The fourth-order valence-electron chi connectivity index (χ4n) is 1.36. The average molecular weight is 305 g/mol. The Morgan fingerprint density at radius 1 is 1.10 bits per heavy atom. The number of rotatable bonds is 5. The zero-order valence-electron chi connectivity index (χ0n) is 10.4. The molecule has 21 heavy (non-hydrogen) atoms. The molecule has 0 bridgehead atoms. The molecule has 1 aromatic carbocycles. The molecule has 0 aliphatic carbocycles. The van der Waals surface area contributed by atoms with Crippen LogP contribution in [-0.4, -0.2) is 41.0 Å². The third-order valence-electron chi connectivity index (χ3n) is 2.21. The van der Waals surface area contributed by atoms with Crippen molar-refractivity contribution in [3.63, 3.8) is 0 Å². The Labute approximate surface area is 116 Å². The standard InChI is InChI=1S/C11H10F3N3O4/c12-5-1-7(14)8(2-6(5)13)16-11(21)17(3-9(15)18)4-10(19)20/h1-2H,3-4H2,(H2,15,18)(H,16,21)(H,19,20). The molecule has 0 saturated heterocycles. The maximum absolute atomic E-state index is 13.3. The minimum atomic E-state index is -1.45. The molecule has 0 atom stereocenters. The van der Waals surface area contributed by atoms with Gasteiger partial charge in [-0.3, -0.25) is 9.59 Å². The van der Waals surface area contributed by atoms with E-state index in [0.29, 0.717) is 11.0 Å². The molecule has 0 aliphatic heterocycles. The summed E-state index contributed by atoms with van der Waals surface area (Å²) in [5.74, 6) is -6.58. The Hall–Kier alpha value is -2.78. The number of primary amides is 1. The quantitative estimate of drug-likeness (QED) is 0.688. The maximum Gasteiger partial charge on any atom is 0.323 e. The van der Waals surface area contributed by atoms with Crippen LogP contribution in [0.4, 0.5) is 23.7 Å². The minimum Gasteiger partial charge on any atom is -0.480 e. The Morgan fingerprint density at radius 3 is 2.19 bits per heavy atom. The fourth-order valence-corrected chi connectivity index (χ4v) is 1.36. The lowest BCUT2D eigenvalue weighted by Crippen LogP contribution is -2.43. The molecule has 7 nitrogen and oxygen atoms in total. The number of amides is 3. The molecule has 0 fully saturated rings. The lowest BCUT2D eigenvalue weighted by molar-refractivity contribution is -0.137. The van der Waals surface area contributed by atoms with E-state index in [1.165, 1.54) is 0 Å². The monoisotopic (exact) mass is 305 g/mol. The molecular formula is C11H10F3N3O4. The second-order valence-corrected chi connectivity index (χ2v) is 3.89. The van der Waals surface area contributed by atoms with Gasteiger partial charge in [0.15, 0.2) is 11.6 Å². The number of carboxylic acids is 1. The molecule has 3 amide bonds. The SMILES string of the molecule is NC(=O)CN(CC(=O)O)C(=O)Nc1cc(F)c(F)cc1F. The first-order valence-corrected chi connectivity index (χ1v) is 5.41.